The summed E-state index contributed by atoms with van der Waals surface area (Å²) in [6.45, 7) is 4.75. The maximum absolute atomic E-state index is 5.55. The summed E-state index contributed by atoms with van der Waals surface area (Å²) in [5.41, 5.74) is 6.58. The van der Waals surface area contributed by atoms with Gasteiger partial charge in [0.1, 0.15) is 5.75 Å². The smallest absolute Gasteiger partial charge is 0.119 e. The lowest BCUT2D eigenvalue weighted by Crippen LogP contribution is -2.05. The largest absolute Gasteiger partial charge is 0.491 e. The number of benzene rings is 1. The molecule has 0 atom stereocenters. The van der Waals surface area contributed by atoms with E-state index in [1.807, 2.05) is 38.1 Å². The van der Waals surface area contributed by atoms with Gasteiger partial charge in [-0.2, -0.15) is 0 Å². The van der Waals surface area contributed by atoms with Crippen LogP contribution in [0, 0.1) is 0 Å². The molecule has 1 aromatic carbocycles. The van der Waals surface area contributed by atoms with Gasteiger partial charge in [0.25, 0.3) is 0 Å². The van der Waals surface area contributed by atoms with Crippen molar-refractivity contribution >= 4 is 6.08 Å². The first-order valence-electron chi connectivity index (χ1n) is 5.35. The molecule has 2 nitrogen and oxygen atoms in total. The molecule has 0 spiro atoms. The monoisotopic (exact) mass is 205 g/mol. The van der Waals surface area contributed by atoms with Gasteiger partial charge in [-0.3, -0.25) is 0 Å². The number of nitrogens with two attached hydrogens (primary N) is 1. The van der Waals surface area contributed by atoms with Crippen LogP contribution in [-0.4, -0.2) is 12.6 Å². The summed E-state index contributed by atoms with van der Waals surface area (Å²) in [5, 5.41) is 0. The lowest BCUT2D eigenvalue weighted by atomic mass is 10.2. The number of rotatable bonds is 5. The molecule has 0 radical (unpaired) electrons. The summed E-state index contributed by atoms with van der Waals surface area (Å²) in [7, 11) is 0. The van der Waals surface area contributed by atoms with Crippen molar-refractivity contribution in [2.75, 3.05) is 6.54 Å². The van der Waals surface area contributed by atoms with Crippen molar-refractivity contribution in [1.29, 1.82) is 0 Å². The van der Waals surface area contributed by atoms with Crippen molar-refractivity contribution in [2.45, 2.75) is 26.4 Å². The molecule has 1 rings (SSSR count). The molecule has 2 N–H and O–H groups in total. The Balaban J connectivity index is 2.56. The van der Waals surface area contributed by atoms with Crippen LogP contribution >= 0.6 is 0 Å². The molecule has 0 heterocycles. The average Bonchev–Trinajstić information content (AvgIpc) is 2.20. The number of hydrogen-bond donors (Lipinski definition) is 1. The Morgan fingerprint density at radius 3 is 2.47 bits per heavy atom. The van der Waals surface area contributed by atoms with Crippen molar-refractivity contribution in [1.82, 2.24) is 0 Å². The van der Waals surface area contributed by atoms with E-state index in [-0.39, 0.29) is 6.10 Å². The Hall–Kier alpha value is -1.28. The van der Waals surface area contributed by atoms with E-state index in [1.165, 1.54) is 5.56 Å². The van der Waals surface area contributed by atoms with Crippen LogP contribution < -0.4 is 10.5 Å². The summed E-state index contributed by atoms with van der Waals surface area (Å²) in [4.78, 5) is 0. The highest BCUT2D eigenvalue weighted by atomic mass is 16.5. The first kappa shape index (κ1) is 11.8. The fraction of sp³-hybridized carbons (Fsp3) is 0.385. The second-order valence-electron chi connectivity index (χ2n) is 3.72. The third kappa shape index (κ3) is 4.66. The minimum atomic E-state index is 0.226. The van der Waals surface area contributed by atoms with Crippen LogP contribution in [0.25, 0.3) is 6.08 Å². The minimum Gasteiger partial charge on any atom is -0.491 e. The van der Waals surface area contributed by atoms with Crippen LogP contribution in [0.2, 0.25) is 0 Å². The van der Waals surface area contributed by atoms with E-state index in [0.717, 1.165) is 12.2 Å². The van der Waals surface area contributed by atoms with Gasteiger partial charge in [0.2, 0.25) is 0 Å². The lowest BCUT2D eigenvalue weighted by Gasteiger charge is -2.09. The highest BCUT2D eigenvalue weighted by Crippen LogP contribution is 2.14. The molecule has 15 heavy (non-hydrogen) atoms. The molecule has 1 aromatic rings. The van der Waals surface area contributed by atoms with Crippen LogP contribution in [0.1, 0.15) is 25.8 Å². The van der Waals surface area contributed by atoms with Gasteiger partial charge in [-0.1, -0.05) is 24.3 Å². The lowest BCUT2D eigenvalue weighted by molar-refractivity contribution is 0.242. The van der Waals surface area contributed by atoms with Crippen LogP contribution in [0.5, 0.6) is 5.75 Å². The van der Waals surface area contributed by atoms with Gasteiger partial charge in [0, 0.05) is 0 Å². The molecule has 0 aliphatic carbocycles. The minimum absolute atomic E-state index is 0.226. The number of hydrogen-bond acceptors (Lipinski definition) is 2. The molecule has 0 amide bonds. The van der Waals surface area contributed by atoms with Gasteiger partial charge in [0.15, 0.2) is 0 Å². The normalized spacial score (nSPS) is 11.2. The molecule has 0 saturated carbocycles. The van der Waals surface area contributed by atoms with Crippen LogP contribution in [0.15, 0.2) is 30.3 Å². The fourth-order valence-electron chi connectivity index (χ4n) is 1.25. The summed E-state index contributed by atoms with van der Waals surface area (Å²) in [5.74, 6) is 0.918. The molecule has 0 saturated heterocycles. The maximum Gasteiger partial charge on any atom is 0.119 e. The molecule has 0 aliphatic rings. The maximum atomic E-state index is 5.55. The first-order valence-corrected chi connectivity index (χ1v) is 5.35. The van der Waals surface area contributed by atoms with Gasteiger partial charge in [-0.05, 0) is 44.5 Å². The Labute approximate surface area is 91.7 Å². The molecule has 0 fully saturated rings. The van der Waals surface area contributed by atoms with E-state index < -0.39 is 0 Å². The Morgan fingerprint density at radius 2 is 1.93 bits per heavy atom. The van der Waals surface area contributed by atoms with Gasteiger partial charge in [-0.15, -0.1) is 0 Å². The molecule has 82 valence electrons. The SMILES string of the molecule is CC(C)Oc1ccc(/C=C/CCN)cc1. The van der Waals surface area contributed by atoms with Gasteiger partial charge in [0.05, 0.1) is 6.10 Å². The third-order valence-electron chi connectivity index (χ3n) is 1.90. The van der Waals surface area contributed by atoms with Crippen molar-refractivity contribution in [3.05, 3.63) is 35.9 Å². The predicted molar refractivity (Wildman–Crippen MR) is 64.9 cm³/mol. The highest BCUT2D eigenvalue weighted by molar-refractivity contribution is 5.50. The summed E-state index contributed by atoms with van der Waals surface area (Å²) >= 11 is 0. The van der Waals surface area contributed by atoms with Crippen LogP contribution in [0.3, 0.4) is 0 Å². The quantitative estimate of drug-likeness (QED) is 0.802. The van der Waals surface area contributed by atoms with Crippen molar-refractivity contribution in [3.63, 3.8) is 0 Å². The molecular weight excluding hydrogens is 186 g/mol. The van der Waals surface area contributed by atoms with E-state index in [2.05, 4.69) is 12.2 Å². The molecular formula is C13H19NO. The number of ether oxygens (including phenoxy) is 1. The second-order valence-corrected chi connectivity index (χ2v) is 3.72. The van der Waals surface area contributed by atoms with E-state index in [0.29, 0.717) is 6.54 Å². The molecule has 0 unspecified atom stereocenters. The van der Waals surface area contributed by atoms with E-state index in [9.17, 15) is 0 Å². The van der Waals surface area contributed by atoms with E-state index >= 15 is 0 Å². The van der Waals surface area contributed by atoms with Crippen molar-refractivity contribution in [2.24, 2.45) is 5.73 Å². The third-order valence-corrected chi connectivity index (χ3v) is 1.90. The van der Waals surface area contributed by atoms with Crippen molar-refractivity contribution < 1.29 is 4.74 Å². The van der Waals surface area contributed by atoms with Crippen LogP contribution in [-0.2, 0) is 0 Å². The molecule has 2 heteroatoms. The highest BCUT2D eigenvalue weighted by Gasteiger charge is 1.95. The predicted octanol–water partition coefficient (Wildman–Crippen LogP) is 2.84. The summed E-state index contributed by atoms with van der Waals surface area (Å²) in [6.07, 6.45) is 5.30. The van der Waals surface area contributed by atoms with Gasteiger partial charge >= 0.3 is 0 Å². The molecule has 0 aromatic heterocycles. The Kier molecular flexibility index (Phi) is 4.91. The topological polar surface area (TPSA) is 35.2 Å². The van der Waals surface area contributed by atoms with E-state index in [1.54, 1.807) is 0 Å². The Bertz CT molecular complexity index is 301. The molecule has 0 bridgehead atoms. The zero-order valence-corrected chi connectivity index (χ0v) is 9.44. The van der Waals surface area contributed by atoms with Gasteiger partial charge < -0.3 is 10.5 Å². The molecule has 0 aliphatic heterocycles. The summed E-state index contributed by atoms with van der Waals surface area (Å²) in [6, 6.07) is 8.07. The zero-order valence-electron chi connectivity index (χ0n) is 9.44. The van der Waals surface area contributed by atoms with E-state index in [4.69, 9.17) is 10.5 Å². The fourth-order valence-corrected chi connectivity index (χ4v) is 1.25. The van der Waals surface area contributed by atoms with Gasteiger partial charge in [-0.25, -0.2) is 0 Å². The average molecular weight is 205 g/mol. The first-order chi connectivity index (χ1) is 7.22. The summed E-state index contributed by atoms with van der Waals surface area (Å²) < 4.78 is 5.55. The standard InChI is InChI=1S/C13H19NO/c1-11(2)15-13-8-6-12(7-9-13)5-3-4-10-14/h3,5-9,11H,4,10,14H2,1-2H3/b5-3+. The van der Waals surface area contributed by atoms with Crippen LogP contribution in [0.4, 0.5) is 0 Å². The Morgan fingerprint density at radius 1 is 1.27 bits per heavy atom. The second kappa shape index (κ2) is 6.25. The van der Waals surface area contributed by atoms with Crippen molar-refractivity contribution in [3.8, 4) is 5.75 Å². The zero-order chi connectivity index (χ0) is 11.1.